The van der Waals surface area contributed by atoms with Crippen LogP contribution in [0.25, 0.3) is 0 Å². The predicted octanol–water partition coefficient (Wildman–Crippen LogP) is 1.30. The standard InChI is InChI=1S/C12H23NO2/c1-15-11-4-2-3-10(7-11)13-8-12(14)9-5-6-9/h9-14H,2-8H2,1H3. The fraction of sp³-hybridized carbons (Fsp3) is 1.00. The average molecular weight is 213 g/mol. The van der Waals surface area contributed by atoms with Crippen molar-refractivity contribution in [3.63, 3.8) is 0 Å². The lowest BCUT2D eigenvalue weighted by molar-refractivity contribution is 0.0549. The van der Waals surface area contributed by atoms with Crippen LogP contribution in [0.3, 0.4) is 0 Å². The van der Waals surface area contributed by atoms with Crippen LogP contribution in [0.1, 0.15) is 38.5 Å². The van der Waals surface area contributed by atoms with Crippen LogP contribution in [0.15, 0.2) is 0 Å². The van der Waals surface area contributed by atoms with Gasteiger partial charge in [0.15, 0.2) is 0 Å². The van der Waals surface area contributed by atoms with Gasteiger partial charge in [-0.3, -0.25) is 0 Å². The maximum atomic E-state index is 9.75. The van der Waals surface area contributed by atoms with E-state index < -0.39 is 0 Å². The minimum atomic E-state index is -0.118. The van der Waals surface area contributed by atoms with E-state index in [9.17, 15) is 5.11 Å². The molecule has 0 bridgehead atoms. The van der Waals surface area contributed by atoms with E-state index in [1.165, 1.54) is 32.1 Å². The third-order valence-electron chi connectivity index (χ3n) is 3.74. The summed E-state index contributed by atoms with van der Waals surface area (Å²) in [6, 6.07) is 0.553. The Morgan fingerprint density at radius 3 is 2.80 bits per heavy atom. The van der Waals surface area contributed by atoms with Gasteiger partial charge in [0.05, 0.1) is 12.2 Å². The van der Waals surface area contributed by atoms with Crippen LogP contribution in [0, 0.1) is 5.92 Å². The molecule has 3 heteroatoms. The van der Waals surface area contributed by atoms with Crippen molar-refractivity contribution in [1.29, 1.82) is 0 Å². The quantitative estimate of drug-likeness (QED) is 0.723. The van der Waals surface area contributed by atoms with Crippen molar-refractivity contribution in [3.05, 3.63) is 0 Å². The maximum Gasteiger partial charge on any atom is 0.0692 e. The molecule has 3 atom stereocenters. The zero-order chi connectivity index (χ0) is 10.7. The van der Waals surface area contributed by atoms with Crippen molar-refractivity contribution in [2.45, 2.75) is 56.8 Å². The molecule has 3 unspecified atom stereocenters. The highest BCUT2D eigenvalue weighted by Gasteiger charge is 2.30. The van der Waals surface area contributed by atoms with Gasteiger partial charge < -0.3 is 15.2 Å². The molecule has 15 heavy (non-hydrogen) atoms. The molecule has 0 aromatic carbocycles. The summed E-state index contributed by atoms with van der Waals surface area (Å²) in [4.78, 5) is 0. The van der Waals surface area contributed by atoms with E-state index in [1.807, 2.05) is 0 Å². The monoisotopic (exact) mass is 213 g/mol. The van der Waals surface area contributed by atoms with Crippen LogP contribution in [-0.2, 0) is 4.74 Å². The van der Waals surface area contributed by atoms with E-state index in [4.69, 9.17) is 4.74 Å². The Labute approximate surface area is 92.2 Å². The van der Waals surface area contributed by atoms with Gasteiger partial charge in [0, 0.05) is 19.7 Å². The van der Waals surface area contributed by atoms with Gasteiger partial charge in [-0.05, 0) is 44.4 Å². The first-order valence-electron chi connectivity index (χ1n) is 6.24. The molecule has 0 amide bonds. The van der Waals surface area contributed by atoms with Gasteiger partial charge in [0.25, 0.3) is 0 Å². The van der Waals surface area contributed by atoms with Crippen molar-refractivity contribution < 1.29 is 9.84 Å². The smallest absolute Gasteiger partial charge is 0.0692 e. The SMILES string of the molecule is COC1CCCC(NCC(O)C2CC2)C1. The molecule has 0 spiro atoms. The van der Waals surface area contributed by atoms with Crippen LogP contribution < -0.4 is 5.32 Å². The summed E-state index contributed by atoms with van der Waals surface area (Å²) in [7, 11) is 1.80. The molecule has 2 N–H and O–H groups in total. The number of aliphatic hydroxyl groups is 1. The molecule has 2 fully saturated rings. The van der Waals surface area contributed by atoms with Crippen LogP contribution >= 0.6 is 0 Å². The molecule has 2 rings (SSSR count). The van der Waals surface area contributed by atoms with E-state index in [0.717, 1.165) is 13.0 Å². The minimum Gasteiger partial charge on any atom is -0.392 e. The molecule has 0 heterocycles. The van der Waals surface area contributed by atoms with Crippen molar-refractivity contribution in [2.24, 2.45) is 5.92 Å². The average Bonchev–Trinajstić information content (AvgIpc) is 3.10. The first-order chi connectivity index (χ1) is 7.29. The largest absolute Gasteiger partial charge is 0.392 e. The number of nitrogens with one attached hydrogen (secondary N) is 1. The second kappa shape index (κ2) is 5.28. The number of rotatable bonds is 5. The molecule has 3 nitrogen and oxygen atoms in total. The molecular weight excluding hydrogens is 190 g/mol. The fourth-order valence-corrected chi connectivity index (χ4v) is 2.48. The van der Waals surface area contributed by atoms with E-state index in [0.29, 0.717) is 18.1 Å². The summed E-state index contributed by atoms with van der Waals surface area (Å²) in [5.74, 6) is 0.583. The summed E-state index contributed by atoms with van der Waals surface area (Å²) in [6.45, 7) is 0.770. The Bertz CT molecular complexity index is 194. The lowest BCUT2D eigenvalue weighted by Crippen LogP contribution is -2.40. The number of methoxy groups -OCH3 is 1. The third kappa shape index (κ3) is 3.44. The first kappa shape index (κ1) is 11.4. The second-order valence-corrected chi connectivity index (χ2v) is 5.03. The van der Waals surface area contributed by atoms with Crippen LogP contribution in [-0.4, -0.2) is 37.0 Å². The highest BCUT2D eigenvalue weighted by atomic mass is 16.5. The highest BCUT2D eigenvalue weighted by molar-refractivity contribution is 4.85. The summed E-state index contributed by atoms with van der Waals surface area (Å²) >= 11 is 0. The number of hydrogen-bond acceptors (Lipinski definition) is 3. The van der Waals surface area contributed by atoms with E-state index in [-0.39, 0.29) is 6.10 Å². The fourth-order valence-electron chi connectivity index (χ4n) is 2.48. The van der Waals surface area contributed by atoms with Gasteiger partial charge in [-0.25, -0.2) is 0 Å². The Hall–Kier alpha value is -0.120. The van der Waals surface area contributed by atoms with Crippen molar-refractivity contribution in [2.75, 3.05) is 13.7 Å². The van der Waals surface area contributed by atoms with Gasteiger partial charge >= 0.3 is 0 Å². The predicted molar refractivity (Wildman–Crippen MR) is 59.8 cm³/mol. The Morgan fingerprint density at radius 2 is 2.13 bits per heavy atom. The Morgan fingerprint density at radius 1 is 1.33 bits per heavy atom. The van der Waals surface area contributed by atoms with Gasteiger partial charge in [-0.2, -0.15) is 0 Å². The topological polar surface area (TPSA) is 41.5 Å². The van der Waals surface area contributed by atoms with E-state index in [2.05, 4.69) is 5.32 Å². The summed E-state index contributed by atoms with van der Waals surface area (Å²) in [6.07, 6.45) is 7.52. The molecule has 0 aromatic rings. The van der Waals surface area contributed by atoms with Crippen LogP contribution in [0.2, 0.25) is 0 Å². The summed E-state index contributed by atoms with van der Waals surface area (Å²) in [5, 5.41) is 13.2. The molecule has 2 aliphatic rings. The first-order valence-corrected chi connectivity index (χ1v) is 6.24. The van der Waals surface area contributed by atoms with Gasteiger partial charge in [0.2, 0.25) is 0 Å². The molecular formula is C12H23NO2. The molecule has 0 aliphatic heterocycles. The number of hydrogen-bond donors (Lipinski definition) is 2. The van der Waals surface area contributed by atoms with E-state index >= 15 is 0 Å². The lowest BCUT2D eigenvalue weighted by atomic mass is 9.92. The second-order valence-electron chi connectivity index (χ2n) is 5.03. The summed E-state index contributed by atoms with van der Waals surface area (Å²) < 4.78 is 5.39. The molecule has 0 radical (unpaired) electrons. The summed E-state index contributed by atoms with van der Waals surface area (Å²) in [5.41, 5.74) is 0. The van der Waals surface area contributed by atoms with Crippen LogP contribution in [0.4, 0.5) is 0 Å². The zero-order valence-electron chi connectivity index (χ0n) is 9.61. The zero-order valence-corrected chi connectivity index (χ0v) is 9.61. The molecule has 0 saturated heterocycles. The Balaban J connectivity index is 1.64. The van der Waals surface area contributed by atoms with Gasteiger partial charge in [-0.1, -0.05) is 0 Å². The third-order valence-corrected chi connectivity index (χ3v) is 3.74. The maximum absolute atomic E-state index is 9.75. The van der Waals surface area contributed by atoms with E-state index in [1.54, 1.807) is 7.11 Å². The van der Waals surface area contributed by atoms with Gasteiger partial charge in [0.1, 0.15) is 0 Å². The number of aliphatic hydroxyl groups excluding tert-OH is 1. The van der Waals surface area contributed by atoms with Crippen molar-refractivity contribution in [3.8, 4) is 0 Å². The Kier molecular flexibility index (Phi) is 4.00. The molecule has 88 valence electrons. The molecule has 2 aliphatic carbocycles. The normalized spacial score (nSPS) is 34.0. The van der Waals surface area contributed by atoms with Crippen molar-refractivity contribution in [1.82, 2.24) is 5.32 Å². The molecule has 2 saturated carbocycles. The number of ether oxygens (including phenoxy) is 1. The lowest BCUT2D eigenvalue weighted by Gasteiger charge is -2.29. The van der Waals surface area contributed by atoms with Crippen molar-refractivity contribution >= 4 is 0 Å². The highest BCUT2D eigenvalue weighted by Crippen LogP contribution is 2.32. The molecule has 0 aromatic heterocycles. The van der Waals surface area contributed by atoms with Gasteiger partial charge in [-0.15, -0.1) is 0 Å². The van der Waals surface area contributed by atoms with Crippen LogP contribution in [0.5, 0.6) is 0 Å². The minimum absolute atomic E-state index is 0.118.